The van der Waals surface area contributed by atoms with Gasteiger partial charge in [0.15, 0.2) is 0 Å². The van der Waals surface area contributed by atoms with Crippen LogP contribution in [-0.2, 0) is 0 Å². The summed E-state index contributed by atoms with van der Waals surface area (Å²) >= 11 is 3.34. The molecule has 1 heterocycles. The van der Waals surface area contributed by atoms with Crippen molar-refractivity contribution in [1.29, 1.82) is 0 Å². The second-order valence-corrected chi connectivity index (χ2v) is 5.32. The molecule has 6 heteroatoms. The van der Waals surface area contributed by atoms with Gasteiger partial charge in [-0.05, 0) is 29.8 Å². The lowest BCUT2D eigenvalue weighted by Gasteiger charge is -2.04. The van der Waals surface area contributed by atoms with Crippen molar-refractivity contribution in [2.24, 2.45) is 0 Å². The highest BCUT2D eigenvalue weighted by Crippen LogP contribution is 2.37. The van der Waals surface area contributed by atoms with E-state index in [1.54, 1.807) is 12.1 Å². The second kappa shape index (κ2) is 5.29. The van der Waals surface area contributed by atoms with E-state index in [4.69, 9.17) is 10.3 Å². The monoisotopic (exact) mass is 350 g/mol. The van der Waals surface area contributed by atoms with E-state index < -0.39 is 11.6 Å². The van der Waals surface area contributed by atoms with Crippen molar-refractivity contribution < 1.29 is 13.3 Å². The Balaban J connectivity index is 2.19. The van der Waals surface area contributed by atoms with E-state index in [2.05, 4.69) is 21.1 Å². The molecule has 0 spiro atoms. The standard InChI is InChI=1S/C15H9BrF2N2O/c16-9-3-1-8(2-4-9)13-14(20-21-15(13)19)11-6-5-10(17)7-12(11)18/h1-7H,19H2. The maximum Gasteiger partial charge on any atom is 0.230 e. The van der Waals surface area contributed by atoms with Crippen molar-refractivity contribution in [1.82, 2.24) is 5.16 Å². The number of aromatic nitrogens is 1. The van der Waals surface area contributed by atoms with Gasteiger partial charge in [-0.3, -0.25) is 0 Å². The molecule has 0 radical (unpaired) electrons. The fourth-order valence-corrected chi connectivity index (χ4v) is 2.33. The lowest BCUT2D eigenvalue weighted by molar-refractivity contribution is 0.439. The van der Waals surface area contributed by atoms with E-state index in [9.17, 15) is 8.78 Å². The average Bonchev–Trinajstić information content (AvgIpc) is 2.82. The van der Waals surface area contributed by atoms with Gasteiger partial charge in [-0.15, -0.1) is 0 Å². The number of nitrogens with zero attached hydrogens (tertiary/aromatic N) is 1. The summed E-state index contributed by atoms with van der Waals surface area (Å²) in [5, 5.41) is 3.80. The first-order valence-electron chi connectivity index (χ1n) is 6.03. The molecule has 0 unspecified atom stereocenters. The normalized spacial score (nSPS) is 10.8. The predicted molar refractivity (Wildman–Crippen MR) is 79.4 cm³/mol. The Morgan fingerprint density at radius 2 is 1.76 bits per heavy atom. The Hall–Kier alpha value is -2.21. The van der Waals surface area contributed by atoms with Crippen molar-refractivity contribution >= 4 is 21.8 Å². The van der Waals surface area contributed by atoms with Crippen LogP contribution in [0, 0.1) is 11.6 Å². The van der Waals surface area contributed by atoms with Gasteiger partial charge in [0, 0.05) is 16.1 Å². The molecule has 0 bridgehead atoms. The third-order valence-electron chi connectivity index (χ3n) is 3.04. The molecule has 0 amide bonds. The SMILES string of the molecule is Nc1onc(-c2ccc(F)cc2F)c1-c1ccc(Br)cc1. The number of rotatable bonds is 2. The number of halogens is 3. The highest BCUT2D eigenvalue weighted by Gasteiger charge is 2.20. The van der Waals surface area contributed by atoms with Crippen LogP contribution in [0.1, 0.15) is 0 Å². The first kappa shape index (κ1) is 13.8. The van der Waals surface area contributed by atoms with E-state index in [-0.39, 0.29) is 17.1 Å². The molecule has 2 N–H and O–H groups in total. The van der Waals surface area contributed by atoms with Crippen LogP contribution in [0.25, 0.3) is 22.4 Å². The van der Waals surface area contributed by atoms with Crippen molar-refractivity contribution in [3.63, 3.8) is 0 Å². The molecule has 3 nitrogen and oxygen atoms in total. The van der Waals surface area contributed by atoms with Crippen molar-refractivity contribution in [3.05, 3.63) is 58.6 Å². The van der Waals surface area contributed by atoms with E-state index in [0.717, 1.165) is 22.2 Å². The van der Waals surface area contributed by atoms with Crippen LogP contribution in [0.5, 0.6) is 0 Å². The van der Waals surface area contributed by atoms with Gasteiger partial charge in [-0.25, -0.2) is 8.78 Å². The number of hydrogen-bond donors (Lipinski definition) is 1. The van der Waals surface area contributed by atoms with Gasteiger partial charge in [0.2, 0.25) is 5.88 Å². The third kappa shape index (κ3) is 2.54. The molecule has 3 aromatic rings. The first-order valence-corrected chi connectivity index (χ1v) is 6.82. The number of nitrogen functional groups attached to an aromatic ring is 1. The zero-order valence-corrected chi connectivity index (χ0v) is 12.2. The van der Waals surface area contributed by atoms with Gasteiger partial charge < -0.3 is 10.3 Å². The molecule has 0 aliphatic heterocycles. The zero-order valence-electron chi connectivity index (χ0n) is 10.6. The quantitative estimate of drug-likeness (QED) is 0.732. The van der Waals surface area contributed by atoms with Gasteiger partial charge in [-0.1, -0.05) is 33.2 Å². The molecule has 0 atom stereocenters. The average molecular weight is 351 g/mol. The molecule has 3 rings (SSSR count). The van der Waals surface area contributed by atoms with Crippen LogP contribution in [0.4, 0.5) is 14.7 Å². The maximum absolute atomic E-state index is 13.9. The first-order chi connectivity index (χ1) is 10.1. The van der Waals surface area contributed by atoms with E-state index in [1.807, 2.05) is 12.1 Å². The lowest BCUT2D eigenvalue weighted by atomic mass is 10.0. The molecule has 0 aliphatic rings. The summed E-state index contributed by atoms with van der Waals surface area (Å²) in [6, 6.07) is 10.5. The molecule has 1 aromatic heterocycles. The Morgan fingerprint density at radius 1 is 1.05 bits per heavy atom. The van der Waals surface area contributed by atoms with Crippen LogP contribution < -0.4 is 5.73 Å². The van der Waals surface area contributed by atoms with E-state index in [1.165, 1.54) is 6.07 Å². The van der Waals surface area contributed by atoms with Crippen LogP contribution in [-0.4, -0.2) is 5.16 Å². The van der Waals surface area contributed by atoms with E-state index in [0.29, 0.717) is 5.56 Å². The largest absolute Gasteiger partial charge is 0.367 e. The third-order valence-corrected chi connectivity index (χ3v) is 3.57. The van der Waals surface area contributed by atoms with Gasteiger partial charge in [0.25, 0.3) is 0 Å². The Kier molecular flexibility index (Phi) is 3.47. The summed E-state index contributed by atoms with van der Waals surface area (Å²) in [4.78, 5) is 0. The van der Waals surface area contributed by atoms with Crippen molar-refractivity contribution in [3.8, 4) is 22.4 Å². The fourth-order valence-electron chi connectivity index (χ4n) is 2.06. The molecule has 2 aromatic carbocycles. The topological polar surface area (TPSA) is 52.0 Å². The van der Waals surface area contributed by atoms with Gasteiger partial charge in [0.1, 0.15) is 17.3 Å². The predicted octanol–water partition coefficient (Wildman–Crippen LogP) is 4.63. The number of hydrogen-bond acceptors (Lipinski definition) is 3. The molecule has 0 fully saturated rings. The Morgan fingerprint density at radius 3 is 2.43 bits per heavy atom. The summed E-state index contributed by atoms with van der Waals surface area (Å²) in [6.45, 7) is 0. The molecule has 0 saturated heterocycles. The summed E-state index contributed by atoms with van der Waals surface area (Å²) in [5.41, 5.74) is 7.38. The number of anilines is 1. The molecular weight excluding hydrogens is 342 g/mol. The molecule has 0 saturated carbocycles. The smallest absolute Gasteiger partial charge is 0.230 e. The van der Waals surface area contributed by atoms with Crippen LogP contribution in [0.3, 0.4) is 0 Å². The summed E-state index contributed by atoms with van der Waals surface area (Å²) in [7, 11) is 0. The van der Waals surface area contributed by atoms with Crippen molar-refractivity contribution in [2.45, 2.75) is 0 Å². The molecule has 106 valence electrons. The molecule has 21 heavy (non-hydrogen) atoms. The molecular formula is C15H9BrF2N2O. The minimum Gasteiger partial charge on any atom is -0.367 e. The number of nitrogens with two attached hydrogens (primary N) is 1. The Bertz CT molecular complexity index is 800. The van der Waals surface area contributed by atoms with Gasteiger partial charge >= 0.3 is 0 Å². The summed E-state index contributed by atoms with van der Waals surface area (Å²) < 4.78 is 32.8. The lowest BCUT2D eigenvalue weighted by Crippen LogP contribution is -1.91. The van der Waals surface area contributed by atoms with Crippen molar-refractivity contribution in [2.75, 3.05) is 5.73 Å². The van der Waals surface area contributed by atoms with E-state index >= 15 is 0 Å². The summed E-state index contributed by atoms with van der Waals surface area (Å²) in [5.74, 6) is -1.30. The van der Waals surface area contributed by atoms with Gasteiger partial charge in [0.05, 0.1) is 5.56 Å². The molecule has 0 aliphatic carbocycles. The summed E-state index contributed by atoms with van der Waals surface area (Å²) in [6.07, 6.45) is 0. The zero-order chi connectivity index (χ0) is 15.0. The van der Waals surface area contributed by atoms with Gasteiger partial charge in [-0.2, -0.15) is 0 Å². The van der Waals surface area contributed by atoms with Crippen LogP contribution >= 0.6 is 15.9 Å². The fraction of sp³-hybridized carbons (Fsp3) is 0. The highest BCUT2D eigenvalue weighted by atomic mass is 79.9. The Labute approximate surface area is 127 Å². The highest BCUT2D eigenvalue weighted by molar-refractivity contribution is 9.10. The minimum atomic E-state index is -0.721. The minimum absolute atomic E-state index is 0.0797. The number of benzene rings is 2. The second-order valence-electron chi connectivity index (χ2n) is 4.40. The van der Waals surface area contributed by atoms with Crippen LogP contribution in [0.2, 0.25) is 0 Å². The maximum atomic E-state index is 13.9. The van der Waals surface area contributed by atoms with Crippen LogP contribution in [0.15, 0.2) is 51.5 Å².